The Kier molecular flexibility index (Phi) is 3.73. The van der Waals surface area contributed by atoms with Crippen LogP contribution in [0.1, 0.15) is 0 Å². The fourth-order valence-electron chi connectivity index (χ4n) is 2.97. The molecule has 1 atom stereocenters. The predicted octanol–water partition coefficient (Wildman–Crippen LogP) is 2.39. The molecule has 1 aliphatic heterocycles. The SMILES string of the molecule is O=c1ccc2c(-c3ccccc3[Se](=O)O)c3ccc(O)cc3oc-2c1. The quantitative estimate of drug-likeness (QED) is 0.399. The molecule has 25 heavy (non-hydrogen) atoms. The number of rotatable bonds is 2. The van der Waals surface area contributed by atoms with Crippen molar-refractivity contribution in [1.82, 2.24) is 0 Å². The molecule has 1 heterocycles. The molecule has 0 saturated carbocycles. The van der Waals surface area contributed by atoms with E-state index >= 15 is 0 Å². The van der Waals surface area contributed by atoms with Crippen LogP contribution in [0.4, 0.5) is 0 Å². The molecule has 0 aromatic heterocycles. The van der Waals surface area contributed by atoms with E-state index in [0.717, 1.165) is 0 Å². The van der Waals surface area contributed by atoms with Gasteiger partial charge < -0.3 is 0 Å². The second-order valence-corrected chi connectivity index (χ2v) is 7.53. The van der Waals surface area contributed by atoms with Crippen molar-refractivity contribution in [2.45, 2.75) is 0 Å². The van der Waals surface area contributed by atoms with Gasteiger partial charge in [0.05, 0.1) is 0 Å². The molecule has 1 aliphatic carbocycles. The summed E-state index contributed by atoms with van der Waals surface area (Å²) in [5.74, 6) is 0.390. The molecule has 5 nitrogen and oxygen atoms in total. The van der Waals surface area contributed by atoms with Crippen LogP contribution in [-0.4, -0.2) is 23.5 Å². The second kappa shape index (κ2) is 5.93. The van der Waals surface area contributed by atoms with Crippen LogP contribution >= 0.6 is 0 Å². The van der Waals surface area contributed by atoms with E-state index in [4.69, 9.17) is 4.42 Å². The summed E-state index contributed by atoms with van der Waals surface area (Å²) in [5, 5.41) is 10.4. The zero-order valence-electron chi connectivity index (χ0n) is 12.8. The van der Waals surface area contributed by atoms with Crippen LogP contribution < -0.4 is 9.89 Å². The molecule has 6 heteroatoms. The number of phenols is 1. The summed E-state index contributed by atoms with van der Waals surface area (Å²) < 4.78 is 27.8. The first kappa shape index (κ1) is 15.7. The first-order valence-corrected chi connectivity index (χ1v) is 9.76. The van der Waals surface area contributed by atoms with Gasteiger partial charge in [-0.15, -0.1) is 0 Å². The molecular formula is C19H12O5Se. The molecule has 0 fully saturated rings. The molecule has 0 radical (unpaired) electrons. The molecule has 2 N–H and O–H groups in total. The summed E-state index contributed by atoms with van der Waals surface area (Å²) in [5.41, 5.74) is 2.17. The fraction of sp³-hybridized carbons (Fsp3) is 0. The third kappa shape index (κ3) is 2.66. The molecule has 2 aliphatic rings. The molecule has 124 valence electrons. The van der Waals surface area contributed by atoms with Gasteiger partial charge in [0.25, 0.3) is 0 Å². The summed E-state index contributed by atoms with van der Waals surface area (Å²) >= 11 is -3.17. The number of hydrogen-bond donors (Lipinski definition) is 2. The van der Waals surface area contributed by atoms with Crippen LogP contribution in [0, 0.1) is 0 Å². The minimum atomic E-state index is -3.17. The van der Waals surface area contributed by atoms with E-state index in [0.29, 0.717) is 37.9 Å². The normalized spacial score (nSPS) is 12.5. The topological polar surface area (TPSA) is 87.7 Å². The van der Waals surface area contributed by atoms with E-state index in [1.165, 1.54) is 24.3 Å². The standard InChI is InChI=1S/C19H12O5Se/c20-11-5-7-13-16(9-11)24-17-10-12(21)6-8-14(17)19(13)15-3-1-2-4-18(15)25(22)23/h1-10,20H,(H,22,23). The molecule has 2 aromatic rings. The van der Waals surface area contributed by atoms with Crippen LogP contribution in [0.5, 0.6) is 5.75 Å². The zero-order valence-corrected chi connectivity index (χ0v) is 14.5. The Morgan fingerprint density at radius 3 is 2.52 bits per heavy atom. The van der Waals surface area contributed by atoms with Gasteiger partial charge >= 0.3 is 146 Å². The number of hydrogen-bond acceptors (Lipinski definition) is 4. The van der Waals surface area contributed by atoms with Crippen LogP contribution in [0.25, 0.3) is 33.4 Å². The van der Waals surface area contributed by atoms with Gasteiger partial charge in [-0.25, -0.2) is 0 Å². The second-order valence-electron chi connectivity index (χ2n) is 5.56. The molecule has 4 rings (SSSR count). The van der Waals surface area contributed by atoms with Gasteiger partial charge in [-0.05, 0) is 0 Å². The van der Waals surface area contributed by atoms with E-state index in [1.807, 2.05) is 0 Å². The van der Waals surface area contributed by atoms with Crippen molar-refractivity contribution in [3.8, 4) is 28.2 Å². The van der Waals surface area contributed by atoms with Crippen molar-refractivity contribution in [3.63, 3.8) is 0 Å². The van der Waals surface area contributed by atoms with Crippen LogP contribution in [0.2, 0.25) is 0 Å². The van der Waals surface area contributed by atoms with Crippen molar-refractivity contribution in [2.24, 2.45) is 0 Å². The first-order valence-electron chi connectivity index (χ1n) is 7.44. The first-order chi connectivity index (χ1) is 12.0. The summed E-state index contributed by atoms with van der Waals surface area (Å²) in [4.78, 5) is 11.7. The summed E-state index contributed by atoms with van der Waals surface area (Å²) in [6.07, 6.45) is 0. The van der Waals surface area contributed by atoms with E-state index < -0.39 is 14.2 Å². The summed E-state index contributed by atoms with van der Waals surface area (Å²) in [6.45, 7) is 0. The van der Waals surface area contributed by atoms with E-state index in [-0.39, 0.29) is 11.2 Å². The predicted molar refractivity (Wildman–Crippen MR) is 94.5 cm³/mol. The van der Waals surface area contributed by atoms with Gasteiger partial charge in [-0.3, -0.25) is 0 Å². The van der Waals surface area contributed by atoms with Crippen LogP contribution in [-0.2, 0) is 3.83 Å². The van der Waals surface area contributed by atoms with Crippen molar-refractivity contribution in [3.05, 3.63) is 70.9 Å². The zero-order chi connectivity index (χ0) is 17.6. The maximum atomic E-state index is 11.9. The third-order valence-electron chi connectivity index (χ3n) is 4.02. The molecule has 0 amide bonds. The Morgan fingerprint density at radius 1 is 0.920 bits per heavy atom. The Hall–Kier alpha value is -2.79. The van der Waals surface area contributed by atoms with E-state index in [1.54, 1.807) is 36.4 Å². The average Bonchev–Trinajstić information content (AvgIpc) is 2.59. The number of benzene rings is 3. The van der Waals surface area contributed by atoms with Gasteiger partial charge in [-0.1, -0.05) is 0 Å². The van der Waals surface area contributed by atoms with Gasteiger partial charge in [-0.2, -0.15) is 0 Å². The third-order valence-corrected chi connectivity index (χ3v) is 5.56. The van der Waals surface area contributed by atoms with Crippen molar-refractivity contribution >= 4 is 29.6 Å². The summed E-state index contributed by atoms with van der Waals surface area (Å²) in [7, 11) is 0. The van der Waals surface area contributed by atoms with Crippen LogP contribution in [0.3, 0.4) is 0 Å². The molecule has 1 unspecified atom stereocenters. The Balaban J connectivity index is 2.22. The molecule has 2 aromatic carbocycles. The van der Waals surface area contributed by atoms with Gasteiger partial charge in [0.1, 0.15) is 0 Å². The van der Waals surface area contributed by atoms with Gasteiger partial charge in [0.2, 0.25) is 0 Å². The summed E-state index contributed by atoms with van der Waals surface area (Å²) in [6, 6.07) is 16.0. The Bertz CT molecular complexity index is 1160. The molecule has 0 bridgehead atoms. The van der Waals surface area contributed by atoms with Crippen molar-refractivity contribution in [2.75, 3.05) is 0 Å². The Morgan fingerprint density at radius 2 is 1.72 bits per heavy atom. The Labute approximate surface area is 146 Å². The number of aromatic hydroxyl groups is 1. The van der Waals surface area contributed by atoms with Gasteiger partial charge in [0, 0.05) is 0 Å². The monoisotopic (exact) mass is 400 g/mol. The molecular weight excluding hydrogens is 387 g/mol. The number of fused-ring (bicyclic) bond motifs is 2. The van der Waals surface area contributed by atoms with E-state index in [9.17, 15) is 17.9 Å². The van der Waals surface area contributed by atoms with Gasteiger partial charge in [0.15, 0.2) is 0 Å². The van der Waals surface area contributed by atoms with E-state index in [2.05, 4.69) is 0 Å². The average molecular weight is 399 g/mol. The number of phenolic OH excluding ortho intramolecular Hbond substituents is 1. The van der Waals surface area contributed by atoms with Crippen molar-refractivity contribution in [1.29, 1.82) is 0 Å². The van der Waals surface area contributed by atoms with Crippen molar-refractivity contribution < 1.29 is 17.5 Å². The maximum absolute atomic E-state index is 11.9. The molecule has 0 spiro atoms. The van der Waals surface area contributed by atoms with Crippen LogP contribution in [0.15, 0.2) is 69.9 Å². The minimum absolute atomic E-state index is 0.0328. The fourth-order valence-corrected chi connectivity index (χ4v) is 4.14. The molecule has 0 saturated heterocycles.